The Balaban J connectivity index is 2.95. The van der Waals surface area contributed by atoms with Gasteiger partial charge in [0.05, 0.1) is 13.4 Å². The van der Waals surface area contributed by atoms with Crippen molar-refractivity contribution in [3.63, 3.8) is 0 Å². The Morgan fingerprint density at radius 3 is 2.65 bits per heavy atom. The second-order valence-corrected chi connectivity index (χ2v) is 4.80. The lowest BCUT2D eigenvalue weighted by Crippen LogP contribution is -2.42. The second kappa shape index (κ2) is 4.75. The number of nitrogen functional groups attached to an aromatic ring is 1. The fourth-order valence-corrected chi connectivity index (χ4v) is 1.33. The van der Waals surface area contributed by atoms with Crippen molar-refractivity contribution in [2.75, 3.05) is 26.9 Å². The Bertz CT molecular complexity index is 410. The van der Waals surface area contributed by atoms with E-state index in [0.29, 0.717) is 12.4 Å². The van der Waals surface area contributed by atoms with E-state index in [-0.39, 0.29) is 11.2 Å². The van der Waals surface area contributed by atoms with Crippen LogP contribution in [-0.4, -0.2) is 47.2 Å². The molecule has 0 unspecified atom stereocenters. The van der Waals surface area contributed by atoms with Crippen molar-refractivity contribution in [3.8, 4) is 0 Å². The number of anilines is 1. The Labute approximate surface area is 101 Å². The summed E-state index contributed by atoms with van der Waals surface area (Å²) >= 11 is 0. The molecule has 1 aromatic rings. The first-order valence-corrected chi connectivity index (χ1v) is 5.36. The molecule has 1 aromatic heterocycles. The highest BCUT2D eigenvalue weighted by molar-refractivity contribution is 5.92. The molecule has 0 aliphatic carbocycles. The van der Waals surface area contributed by atoms with Crippen LogP contribution in [0.4, 0.5) is 5.82 Å². The number of methoxy groups -OCH3 is 1. The first-order chi connectivity index (χ1) is 7.79. The molecule has 0 saturated heterocycles. The number of ether oxygens (including phenoxy) is 1. The number of hydrogen-bond acceptors (Lipinski definition) is 5. The van der Waals surface area contributed by atoms with Gasteiger partial charge in [0.1, 0.15) is 5.82 Å². The van der Waals surface area contributed by atoms with Crippen molar-refractivity contribution in [2.24, 2.45) is 0 Å². The molecule has 0 aromatic carbocycles. The van der Waals surface area contributed by atoms with Crippen molar-refractivity contribution in [2.45, 2.75) is 25.9 Å². The van der Waals surface area contributed by atoms with Gasteiger partial charge in [-0.2, -0.15) is 0 Å². The number of esters is 1. The summed E-state index contributed by atoms with van der Waals surface area (Å²) in [5.74, 6) is -0.171. The zero-order chi connectivity index (χ0) is 13.2. The molecule has 0 amide bonds. The molecule has 2 N–H and O–H groups in total. The average Bonchev–Trinajstić information content (AvgIpc) is 2.59. The highest BCUT2D eigenvalue weighted by Crippen LogP contribution is 2.18. The first kappa shape index (κ1) is 13.5. The zero-order valence-corrected chi connectivity index (χ0v) is 11.0. The fourth-order valence-electron chi connectivity index (χ4n) is 1.33. The number of hydrogen-bond donors (Lipinski definition) is 1. The van der Waals surface area contributed by atoms with Crippen LogP contribution in [0.5, 0.6) is 0 Å². The molecule has 0 radical (unpaired) electrons. The number of rotatable bonds is 4. The van der Waals surface area contributed by atoms with Crippen LogP contribution in [0.1, 0.15) is 24.3 Å². The highest BCUT2D eigenvalue weighted by atomic mass is 16.5. The number of carbonyl (C=O) groups is 1. The zero-order valence-electron chi connectivity index (χ0n) is 11.0. The van der Waals surface area contributed by atoms with Gasteiger partial charge in [0, 0.05) is 12.1 Å². The van der Waals surface area contributed by atoms with Crippen LogP contribution >= 0.6 is 0 Å². The molecule has 0 aliphatic heterocycles. The molecule has 0 bridgehead atoms. The number of carbonyl (C=O) groups excluding carboxylic acids is 1. The maximum absolute atomic E-state index is 11.4. The minimum atomic E-state index is -0.510. The number of nitrogens with two attached hydrogens (primary N) is 1. The predicted octanol–water partition coefficient (Wildman–Crippen LogP) is 0.592. The van der Waals surface area contributed by atoms with Gasteiger partial charge < -0.3 is 19.9 Å². The molecule has 0 spiro atoms. The van der Waals surface area contributed by atoms with Gasteiger partial charge in [-0.25, -0.2) is 9.78 Å². The molecule has 96 valence electrons. The van der Waals surface area contributed by atoms with Crippen molar-refractivity contribution in [1.82, 2.24) is 14.5 Å². The van der Waals surface area contributed by atoms with Crippen molar-refractivity contribution < 1.29 is 9.53 Å². The summed E-state index contributed by atoms with van der Waals surface area (Å²) < 4.78 is 6.36. The number of nitrogens with zero attached hydrogens (tertiary/aromatic N) is 3. The molecular formula is C11H20N4O2. The standard InChI is InChI=1S/C11H20N4O2/c1-11(2,14(3)4)6-15-7-13-8(9(15)12)10(16)17-5/h7H,6,12H2,1-5H3. The molecule has 0 saturated carbocycles. The van der Waals surface area contributed by atoms with Gasteiger partial charge >= 0.3 is 5.97 Å². The van der Waals surface area contributed by atoms with E-state index < -0.39 is 5.97 Å². The normalized spacial score (nSPS) is 11.9. The van der Waals surface area contributed by atoms with Gasteiger partial charge in [-0.1, -0.05) is 0 Å². The Hall–Kier alpha value is -1.56. The number of aromatic nitrogens is 2. The maximum atomic E-state index is 11.4. The van der Waals surface area contributed by atoms with E-state index >= 15 is 0 Å². The third-order valence-corrected chi connectivity index (χ3v) is 3.02. The Morgan fingerprint density at radius 1 is 1.59 bits per heavy atom. The van der Waals surface area contributed by atoms with Gasteiger partial charge in [-0.05, 0) is 27.9 Å². The van der Waals surface area contributed by atoms with Crippen LogP contribution in [0.25, 0.3) is 0 Å². The molecule has 1 rings (SSSR count). The van der Waals surface area contributed by atoms with Gasteiger partial charge in [0.15, 0.2) is 5.69 Å². The molecule has 6 nitrogen and oxygen atoms in total. The van der Waals surface area contributed by atoms with E-state index in [1.54, 1.807) is 10.9 Å². The maximum Gasteiger partial charge on any atom is 0.360 e. The van der Waals surface area contributed by atoms with Gasteiger partial charge in [0.2, 0.25) is 0 Å². The molecule has 1 heterocycles. The summed E-state index contributed by atoms with van der Waals surface area (Å²) in [5.41, 5.74) is 5.96. The summed E-state index contributed by atoms with van der Waals surface area (Å²) in [7, 11) is 5.30. The lowest BCUT2D eigenvalue weighted by atomic mass is 10.0. The van der Waals surface area contributed by atoms with Crippen molar-refractivity contribution in [1.29, 1.82) is 0 Å². The smallest absolute Gasteiger partial charge is 0.360 e. The molecule has 0 fully saturated rings. The summed E-state index contributed by atoms with van der Waals surface area (Å²) in [6.07, 6.45) is 1.56. The van der Waals surface area contributed by atoms with E-state index in [9.17, 15) is 4.79 Å². The van der Waals surface area contributed by atoms with Crippen molar-refractivity contribution >= 4 is 11.8 Å². The molecular weight excluding hydrogens is 220 g/mol. The van der Waals surface area contributed by atoms with E-state index in [0.717, 1.165) is 0 Å². The minimum absolute atomic E-state index is 0.0811. The van der Waals surface area contributed by atoms with E-state index in [1.807, 2.05) is 14.1 Å². The molecule has 6 heteroatoms. The van der Waals surface area contributed by atoms with Crippen molar-refractivity contribution in [3.05, 3.63) is 12.0 Å². The third kappa shape index (κ3) is 2.76. The summed E-state index contributed by atoms with van der Waals surface area (Å²) in [4.78, 5) is 17.4. The average molecular weight is 240 g/mol. The third-order valence-electron chi connectivity index (χ3n) is 3.02. The largest absolute Gasteiger partial charge is 0.464 e. The molecule has 17 heavy (non-hydrogen) atoms. The topological polar surface area (TPSA) is 73.4 Å². The van der Waals surface area contributed by atoms with Crippen LogP contribution in [0, 0.1) is 0 Å². The SMILES string of the molecule is COC(=O)c1ncn(CC(C)(C)N(C)C)c1N. The lowest BCUT2D eigenvalue weighted by molar-refractivity contribution is 0.0595. The monoisotopic (exact) mass is 240 g/mol. The minimum Gasteiger partial charge on any atom is -0.464 e. The molecule has 0 atom stereocenters. The lowest BCUT2D eigenvalue weighted by Gasteiger charge is -2.33. The highest BCUT2D eigenvalue weighted by Gasteiger charge is 2.24. The van der Waals surface area contributed by atoms with Gasteiger partial charge in [-0.3, -0.25) is 0 Å². The number of likely N-dealkylation sites (N-methyl/N-ethyl adjacent to an activating group) is 1. The summed E-state index contributed by atoms with van der Waals surface area (Å²) in [6.45, 7) is 4.82. The Morgan fingerprint density at radius 2 is 2.18 bits per heavy atom. The van der Waals surface area contributed by atoms with Crippen LogP contribution in [0.2, 0.25) is 0 Å². The summed E-state index contributed by atoms with van der Waals surface area (Å²) in [6, 6.07) is 0. The number of imidazole rings is 1. The first-order valence-electron chi connectivity index (χ1n) is 5.36. The van der Waals surface area contributed by atoms with E-state index in [2.05, 4.69) is 28.5 Å². The van der Waals surface area contributed by atoms with E-state index in [1.165, 1.54) is 7.11 Å². The Kier molecular flexibility index (Phi) is 3.77. The fraction of sp³-hybridized carbons (Fsp3) is 0.636. The van der Waals surface area contributed by atoms with Gasteiger partial charge in [0.25, 0.3) is 0 Å². The van der Waals surface area contributed by atoms with Crippen LogP contribution < -0.4 is 5.73 Å². The van der Waals surface area contributed by atoms with E-state index in [4.69, 9.17) is 5.73 Å². The van der Waals surface area contributed by atoms with Crippen LogP contribution in [-0.2, 0) is 11.3 Å². The van der Waals surface area contributed by atoms with Crippen LogP contribution in [0.15, 0.2) is 6.33 Å². The van der Waals surface area contributed by atoms with Crippen LogP contribution in [0.3, 0.4) is 0 Å². The molecule has 0 aliphatic rings. The summed E-state index contributed by atoms with van der Waals surface area (Å²) in [5, 5.41) is 0. The quantitative estimate of drug-likeness (QED) is 0.780. The second-order valence-electron chi connectivity index (χ2n) is 4.80. The predicted molar refractivity (Wildman–Crippen MR) is 65.7 cm³/mol. The van der Waals surface area contributed by atoms with Gasteiger partial charge in [-0.15, -0.1) is 0 Å².